The van der Waals surface area contributed by atoms with Crippen molar-refractivity contribution in [2.24, 2.45) is 13.0 Å². The van der Waals surface area contributed by atoms with Crippen LogP contribution in [-0.2, 0) is 16.5 Å². The van der Waals surface area contributed by atoms with Crippen molar-refractivity contribution < 1.29 is 27.4 Å². The third-order valence-corrected chi connectivity index (χ3v) is 8.31. The number of alkyl halides is 3. The van der Waals surface area contributed by atoms with Crippen LogP contribution in [-0.4, -0.2) is 66.3 Å². The minimum absolute atomic E-state index is 0.0779. The number of aromatic nitrogens is 3. The van der Waals surface area contributed by atoms with Crippen molar-refractivity contribution in [2.75, 3.05) is 33.4 Å². The summed E-state index contributed by atoms with van der Waals surface area (Å²) in [6, 6.07) is 12.7. The predicted molar refractivity (Wildman–Crippen MR) is 162 cm³/mol. The molecule has 0 radical (unpaired) electrons. The maximum absolute atomic E-state index is 12.7. The number of unbranched alkanes of at least 4 members (excludes halogenated alkanes) is 2. The quantitative estimate of drug-likeness (QED) is 0.176. The number of aryl methyl sites for hydroxylation is 1. The van der Waals surface area contributed by atoms with Crippen LogP contribution >= 0.6 is 0 Å². The van der Waals surface area contributed by atoms with Crippen LogP contribution in [0.15, 0.2) is 55.0 Å². The van der Waals surface area contributed by atoms with Crippen LogP contribution in [0.5, 0.6) is 5.88 Å². The van der Waals surface area contributed by atoms with Gasteiger partial charge in [-0.25, -0.2) is 4.98 Å². The maximum atomic E-state index is 12.7. The van der Waals surface area contributed by atoms with Gasteiger partial charge in [0.25, 0.3) is 0 Å². The molecule has 0 spiro atoms. The molecule has 4 heterocycles. The van der Waals surface area contributed by atoms with Gasteiger partial charge < -0.3 is 24.1 Å². The van der Waals surface area contributed by atoms with Crippen LogP contribution in [0.1, 0.15) is 44.9 Å². The Hall–Kier alpha value is -3.21. The largest absolute Gasteiger partial charge is 0.474 e. The summed E-state index contributed by atoms with van der Waals surface area (Å²) in [6.07, 6.45) is 6.18. The predicted octanol–water partition coefficient (Wildman–Crippen LogP) is 7.08. The minimum Gasteiger partial charge on any atom is -0.474 e. The van der Waals surface area contributed by atoms with E-state index in [4.69, 9.17) is 14.2 Å². The van der Waals surface area contributed by atoms with Crippen molar-refractivity contribution in [3.05, 3.63) is 55.0 Å². The van der Waals surface area contributed by atoms with Gasteiger partial charge in [-0.05, 0) is 87.7 Å². The lowest BCUT2D eigenvalue weighted by Crippen LogP contribution is -2.46. The van der Waals surface area contributed by atoms with Crippen LogP contribution in [0.4, 0.5) is 13.2 Å². The van der Waals surface area contributed by atoms with Crippen LogP contribution in [0, 0.1) is 5.92 Å². The number of rotatable bonds is 12. The smallest absolute Gasteiger partial charge is 0.414 e. The van der Waals surface area contributed by atoms with Crippen molar-refractivity contribution in [3.63, 3.8) is 0 Å². The summed E-state index contributed by atoms with van der Waals surface area (Å²) in [7, 11) is 3.71. The number of fused-ring (bicyclic) bond motifs is 3. The Morgan fingerprint density at radius 3 is 2.40 bits per heavy atom. The molecule has 2 aliphatic rings. The van der Waals surface area contributed by atoms with Crippen LogP contribution < -0.4 is 10.1 Å². The highest BCUT2D eigenvalue weighted by molar-refractivity contribution is 6.08. The number of hydrogen-bond donors (Lipinski definition) is 1. The first-order valence-corrected chi connectivity index (χ1v) is 15.2. The van der Waals surface area contributed by atoms with Crippen molar-refractivity contribution in [3.8, 4) is 17.0 Å². The molecular weight excluding hydrogens is 557 g/mol. The van der Waals surface area contributed by atoms with Gasteiger partial charge in [-0.2, -0.15) is 13.2 Å². The second-order valence-corrected chi connectivity index (χ2v) is 11.5. The number of benzene rings is 1. The fourth-order valence-corrected chi connectivity index (χ4v) is 5.38. The van der Waals surface area contributed by atoms with E-state index in [0.29, 0.717) is 32.2 Å². The van der Waals surface area contributed by atoms with E-state index in [1.54, 1.807) is 7.11 Å². The number of ether oxygens (including phenoxy) is 3. The first-order chi connectivity index (χ1) is 20.8. The summed E-state index contributed by atoms with van der Waals surface area (Å²) < 4.78 is 56.1. The molecular formula is C33H41F3N4O3. The normalized spacial score (nSPS) is 16.4. The number of nitrogens with one attached hydrogen (secondary N) is 1. The first kappa shape index (κ1) is 31.2. The molecule has 0 amide bonds. The number of pyridine rings is 2. The van der Waals surface area contributed by atoms with Crippen molar-refractivity contribution in [1.29, 1.82) is 0 Å². The highest BCUT2D eigenvalue weighted by Gasteiger charge is 2.42. The number of methoxy groups -OCH3 is 1. The molecule has 1 atom stereocenters. The van der Waals surface area contributed by atoms with E-state index in [0.717, 1.165) is 42.7 Å². The second-order valence-electron chi connectivity index (χ2n) is 11.5. The highest BCUT2D eigenvalue weighted by atomic mass is 19.4. The van der Waals surface area contributed by atoms with Crippen LogP contribution in [0.3, 0.4) is 0 Å². The van der Waals surface area contributed by atoms with Gasteiger partial charge in [0.15, 0.2) is 6.10 Å². The van der Waals surface area contributed by atoms with E-state index in [1.165, 1.54) is 28.2 Å². The molecule has 3 aromatic heterocycles. The number of halogens is 3. The van der Waals surface area contributed by atoms with E-state index in [9.17, 15) is 13.2 Å². The average molecular weight is 599 g/mol. The molecule has 232 valence electrons. The van der Waals surface area contributed by atoms with Crippen molar-refractivity contribution in [2.45, 2.75) is 63.3 Å². The fraction of sp³-hybridized carbons (Fsp3) is 0.515. The van der Waals surface area contributed by atoms with E-state index < -0.39 is 12.3 Å². The standard InChI is InChI=1S/C21H19N3O.C12H22F3NO2/c1-24-19-9-10-22-13-18(19)17-7-5-14(11-20(17)24)15-6-8-21(23-12-15)25-16-3-2-4-16;1-17-5-3-2-4-6-18-11(12(13,14)15)7-10-8-16-9-10/h5-13,16H,2-4H2,1H3;10-11,16H,2-9H2,1H3. The molecule has 2 fully saturated rings. The van der Waals surface area contributed by atoms with E-state index in [2.05, 4.69) is 57.2 Å². The molecule has 1 saturated carbocycles. The van der Waals surface area contributed by atoms with Crippen molar-refractivity contribution >= 4 is 21.8 Å². The number of nitrogens with zero attached hydrogens (tertiary/aromatic N) is 3. The van der Waals surface area contributed by atoms with Gasteiger partial charge in [0.05, 0.1) is 5.52 Å². The van der Waals surface area contributed by atoms with Crippen molar-refractivity contribution in [1.82, 2.24) is 19.9 Å². The van der Waals surface area contributed by atoms with E-state index in [1.807, 2.05) is 24.7 Å². The lowest BCUT2D eigenvalue weighted by atomic mass is 9.95. The maximum Gasteiger partial charge on any atom is 0.414 e. The lowest BCUT2D eigenvalue weighted by Gasteiger charge is -2.31. The molecule has 6 rings (SSSR count). The Labute approximate surface area is 250 Å². The fourth-order valence-electron chi connectivity index (χ4n) is 5.38. The SMILES string of the molecule is COCCCCCOC(CC1CNC1)C(F)(F)F.Cn1c2ccncc2c2ccc(-c3ccc(OC4CCC4)nc3)cc21. The Morgan fingerprint density at radius 2 is 1.74 bits per heavy atom. The Balaban J connectivity index is 0.000000183. The summed E-state index contributed by atoms with van der Waals surface area (Å²) in [4.78, 5) is 8.75. The number of hydrogen-bond acceptors (Lipinski definition) is 6. The zero-order chi connectivity index (χ0) is 30.2. The zero-order valence-corrected chi connectivity index (χ0v) is 24.9. The van der Waals surface area contributed by atoms with Gasteiger partial charge in [-0.15, -0.1) is 0 Å². The van der Waals surface area contributed by atoms with Gasteiger partial charge in [0.1, 0.15) is 6.10 Å². The Kier molecular flexibility index (Phi) is 10.5. The minimum atomic E-state index is -4.25. The topological polar surface area (TPSA) is 70.4 Å². The van der Waals surface area contributed by atoms with Crippen LogP contribution in [0.2, 0.25) is 0 Å². The summed E-state index contributed by atoms with van der Waals surface area (Å²) in [6.45, 7) is 2.16. The molecule has 10 heteroatoms. The summed E-state index contributed by atoms with van der Waals surface area (Å²) in [5, 5.41) is 5.39. The van der Waals surface area contributed by atoms with Gasteiger partial charge in [0.2, 0.25) is 5.88 Å². The van der Waals surface area contributed by atoms with Gasteiger partial charge in [-0.1, -0.05) is 12.1 Å². The van der Waals surface area contributed by atoms with Gasteiger partial charge in [-0.3, -0.25) is 4.98 Å². The van der Waals surface area contributed by atoms with E-state index >= 15 is 0 Å². The first-order valence-electron chi connectivity index (χ1n) is 15.2. The summed E-state index contributed by atoms with van der Waals surface area (Å²) >= 11 is 0. The third kappa shape index (κ3) is 8.04. The molecule has 1 aromatic carbocycles. The van der Waals surface area contributed by atoms with Gasteiger partial charge in [0, 0.05) is 73.9 Å². The molecule has 1 saturated heterocycles. The molecule has 1 aliphatic heterocycles. The summed E-state index contributed by atoms with van der Waals surface area (Å²) in [5.41, 5.74) is 4.67. The zero-order valence-electron chi connectivity index (χ0n) is 24.9. The lowest BCUT2D eigenvalue weighted by molar-refractivity contribution is -0.226. The van der Waals surface area contributed by atoms with E-state index in [-0.39, 0.29) is 18.9 Å². The second kappa shape index (κ2) is 14.5. The summed E-state index contributed by atoms with van der Waals surface area (Å²) in [5.74, 6) is 0.829. The molecule has 1 unspecified atom stereocenters. The molecule has 43 heavy (non-hydrogen) atoms. The third-order valence-electron chi connectivity index (χ3n) is 8.31. The van der Waals surface area contributed by atoms with Gasteiger partial charge >= 0.3 is 6.18 Å². The molecule has 7 nitrogen and oxygen atoms in total. The molecule has 1 N–H and O–H groups in total. The highest BCUT2D eigenvalue weighted by Crippen LogP contribution is 2.32. The Bertz CT molecular complexity index is 1450. The molecule has 0 bridgehead atoms. The van der Waals surface area contributed by atoms with Crippen LogP contribution in [0.25, 0.3) is 32.9 Å². The monoisotopic (exact) mass is 598 g/mol. The molecule has 4 aromatic rings. The molecule has 1 aliphatic carbocycles. The average Bonchev–Trinajstić information content (AvgIpc) is 3.24. The Morgan fingerprint density at radius 1 is 0.953 bits per heavy atom.